The highest BCUT2D eigenvalue weighted by molar-refractivity contribution is 5.32. The molecule has 1 aliphatic carbocycles. The van der Waals surface area contributed by atoms with Crippen molar-refractivity contribution < 1.29 is 8.78 Å². The Morgan fingerprint density at radius 1 is 1.17 bits per heavy atom. The summed E-state index contributed by atoms with van der Waals surface area (Å²) in [7, 11) is 0. The number of aryl methyl sites for hydroxylation is 1. The number of benzene rings is 1. The van der Waals surface area contributed by atoms with Crippen LogP contribution in [0.5, 0.6) is 0 Å². The van der Waals surface area contributed by atoms with Crippen molar-refractivity contribution in [3.05, 3.63) is 35.4 Å². The van der Waals surface area contributed by atoms with Crippen molar-refractivity contribution in [2.45, 2.75) is 25.2 Å². The molecule has 2 rings (SSSR count). The van der Waals surface area contributed by atoms with Crippen molar-refractivity contribution in [2.75, 3.05) is 0 Å². The Bertz CT molecular complexity index is 283. The summed E-state index contributed by atoms with van der Waals surface area (Å²) in [5, 5.41) is 0. The lowest BCUT2D eigenvalue weighted by Gasteiger charge is -2.22. The largest absolute Gasteiger partial charge is 0.244 e. The van der Waals surface area contributed by atoms with E-state index in [0.29, 0.717) is 18.4 Å². The van der Waals surface area contributed by atoms with Gasteiger partial charge in [-0.2, -0.15) is 0 Å². The van der Waals surface area contributed by atoms with Gasteiger partial charge in [-0.05, 0) is 24.0 Å². The monoisotopic (exact) mass is 168 g/mol. The Labute approximate surface area is 70.2 Å². The first-order chi connectivity index (χ1) is 5.79. The first kappa shape index (κ1) is 7.71. The van der Waals surface area contributed by atoms with Gasteiger partial charge >= 0.3 is 0 Å². The maximum Gasteiger partial charge on any atom is 0.156 e. The molecular weight excluding hydrogens is 158 g/mol. The molecule has 0 N–H and O–H groups in total. The molecule has 0 nitrogen and oxygen atoms in total. The van der Waals surface area contributed by atoms with E-state index in [4.69, 9.17) is 0 Å². The van der Waals surface area contributed by atoms with Gasteiger partial charge < -0.3 is 0 Å². The zero-order chi connectivity index (χ0) is 8.55. The Morgan fingerprint density at radius 3 is 2.75 bits per heavy atom. The van der Waals surface area contributed by atoms with E-state index in [0.717, 1.165) is 5.56 Å². The van der Waals surface area contributed by atoms with Crippen LogP contribution in [-0.2, 0) is 6.42 Å². The van der Waals surface area contributed by atoms with Crippen molar-refractivity contribution in [2.24, 2.45) is 0 Å². The molecule has 64 valence electrons. The van der Waals surface area contributed by atoms with Crippen molar-refractivity contribution in [1.82, 2.24) is 0 Å². The van der Waals surface area contributed by atoms with Crippen LogP contribution in [0.1, 0.15) is 23.7 Å². The molecule has 0 bridgehead atoms. The minimum atomic E-state index is -1.41. The highest BCUT2D eigenvalue weighted by Crippen LogP contribution is 2.34. The Balaban J connectivity index is 2.42. The van der Waals surface area contributed by atoms with Crippen LogP contribution in [0, 0.1) is 0 Å². The minimum absolute atomic E-state index is 0.318. The predicted molar refractivity (Wildman–Crippen MR) is 43.5 cm³/mol. The Kier molecular flexibility index (Phi) is 1.83. The smallest absolute Gasteiger partial charge is 0.156 e. The summed E-state index contributed by atoms with van der Waals surface area (Å²) in [6.45, 7) is 0. The summed E-state index contributed by atoms with van der Waals surface area (Å²) < 4.78 is 26.1. The molecule has 0 aliphatic heterocycles. The van der Waals surface area contributed by atoms with Crippen LogP contribution in [0.2, 0.25) is 0 Å². The van der Waals surface area contributed by atoms with E-state index in [9.17, 15) is 8.78 Å². The SMILES string of the molecule is F[C@@H]1c2ccccc2CC[C@@H]1F. The van der Waals surface area contributed by atoms with Gasteiger partial charge in [0.05, 0.1) is 0 Å². The van der Waals surface area contributed by atoms with Crippen LogP contribution in [-0.4, -0.2) is 6.17 Å². The van der Waals surface area contributed by atoms with E-state index in [2.05, 4.69) is 0 Å². The second kappa shape index (κ2) is 2.85. The number of rotatable bonds is 0. The van der Waals surface area contributed by atoms with Crippen LogP contribution in [0.3, 0.4) is 0 Å². The number of halogens is 2. The third-order valence-electron chi connectivity index (χ3n) is 2.36. The Morgan fingerprint density at radius 2 is 1.92 bits per heavy atom. The summed E-state index contributed by atoms with van der Waals surface area (Å²) >= 11 is 0. The van der Waals surface area contributed by atoms with E-state index >= 15 is 0 Å². The van der Waals surface area contributed by atoms with Crippen molar-refractivity contribution in [3.63, 3.8) is 0 Å². The van der Waals surface area contributed by atoms with Gasteiger partial charge in [0.15, 0.2) is 6.17 Å². The molecule has 0 unspecified atom stereocenters. The van der Waals surface area contributed by atoms with E-state index in [1.807, 2.05) is 12.1 Å². The van der Waals surface area contributed by atoms with Gasteiger partial charge in [0.25, 0.3) is 0 Å². The second-order valence-corrected chi connectivity index (χ2v) is 3.16. The first-order valence-corrected chi connectivity index (χ1v) is 4.15. The topological polar surface area (TPSA) is 0 Å². The van der Waals surface area contributed by atoms with Crippen molar-refractivity contribution in [3.8, 4) is 0 Å². The van der Waals surface area contributed by atoms with Crippen LogP contribution < -0.4 is 0 Å². The lowest BCUT2D eigenvalue weighted by atomic mass is 9.89. The third-order valence-corrected chi connectivity index (χ3v) is 2.36. The van der Waals surface area contributed by atoms with Gasteiger partial charge in [0, 0.05) is 0 Å². The van der Waals surface area contributed by atoms with Crippen molar-refractivity contribution >= 4 is 0 Å². The Hall–Kier alpha value is -0.920. The zero-order valence-corrected chi connectivity index (χ0v) is 6.63. The lowest BCUT2D eigenvalue weighted by Crippen LogP contribution is -2.18. The molecule has 0 radical (unpaired) electrons. The fourth-order valence-electron chi connectivity index (χ4n) is 1.67. The van der Waals surface area contributed by atoms with Crippen molar-refractivity contribution in [1.29, 1.82) is 0 Å². The molecule has 0 fully saturated rings. The van der Waals surface area contributed by atoms with E-state index in [-0.39, 0.29) is 0 Å². The van der Waals surface area contributed by atoms with Gasteiger partial charge in [-0.3, -0.25) is 0 Å². The molecule has 1 aromatic carbocycles. The first-order valence-electron chi connectivity index (χ1n) is 4.15. The molecule has 0 amide bonds. The van der Waals surface area contributed by atoms with Gasteiger partial charge in [0.2, 0.25) is 0 Å². The average Bonchev–Trinajstić information content (AvgIpc) is 2.12. The van der Waals surface area contributed by atoms with E-state index in [1.54, 1.807) is 12.1 Å². The predicted octanol–water partition coefficient (Wildman–Crippen LogP) is 2.98. The van der Waals surface area contributed by atoms with E-state index in [1.165, 1.54) is 0 Å². The highest BCUT2D eigenvalue weighted by atomic mass is 19.2. The van der Waals surface area contributed by atoms with Crippen LogP contribution in [0.15, 0.2) is 24.3 Å². The number of hydrogen-bond donors (Lipinski definition) is 0. The minimum Gasteiger partial charge on any atom is -0.244 e. The molecule has 1 aromatic rings. The standard InChI is InChI=1S/C10H10F2/c11-9-6-5-7-3-1-2-4-8(7)10(9)12/h1-4,9-10H,5-6H2/t9-,10+/m0/s1. The summed E-state index contributed by atoms with van der Waals surface area (Å²) in [6.07, 6.45) is -1.73. The number of fused-ring (bicyclic) bond motifs is 1. The van der Waals surface area contributed by atoms with Crippen LogP contribution in [0.25, 0.3) is 0 Å². The van der Waals surface area contributed by atoms with Gasteiger partial charge in [-0.15, -0.1) is 0 Å². The average molecular weight is 168 g/mol. The second-order valence-electron chi connectivity index (χ2n) is 3.16. The molecule has 0 spiro atoms. The summed E-state index contributed by atoms with van der Waals surface area (Å²) in [6, 6.07) is 7.16. The summed E-state index contributed by atoms with van der Waals surface area (Å²) in [5.74, 6) is 0. The molecule has 2 atom stereocenters. The quantitative estimate of drug-likeness (QED) is 0.558. The number of alkyl halides is 2. The maximum absolute atomic E-state index is 13.2. The lowest BCUT2D eigenvalue weighted by molar-refractivity contribution is 0.148. The fourth-order valence-corrected chi connectivity index (χ4v) is 1.67. The van der Waals surface area contributed by atoms with Crippen LogP contribution >= 0.6 is 0 Å². The fraction of sp³-hybridized carbons (Fsp3) is 0.400. The molecule has 0 aromatic heterocycles. The molecule has 12 heavy (non-hydrogen) atoms. The normalized spacial score (nSPS) is 28.2. The van der Waals surface area contributed by atoms with Gasteiger partial charge in [0.1, 0.15) is 6.17 Å². The molecule has 1 aliphatic rings. The summed E-state index contributed by atoms with van der Waals surface area (Å²) in [5.41, 5.74) is 1.50. The molecule has 0 saturated heterocycles. The third kappa shape index (κ3) is 1.11. The summed E-state index contributed by atoms with van der Waals surface area (Å²) in [4.78, 5) is 0. The zero-order valence-electron chi connectivity index (χ0n) is 6.63. The van der Waals surface area contributed by atoms with Gasteiger partial charge in [-0.1, -0.05) is 24.3 Å². The molecule has 0 heterocycles. The molecule has 0 saturated carbocycles. The number of hydrogen-bond acceptors (Lipinski definition) is 0. The van der Waals surface area contributed by atoms with E-state index < -0.39 is 12.3 Å². The molecular formula is C10H10F2. The molecule has 2 heteroatoms. The van der Waals surface area contributed by atoms with Crippen LogP contribution in [0.4, 0.5) is 8.78 Å². The van der Waals surface area contributed by atoms with Gasteiger partial charge in [-0.25, -0.2) is 8.78 Å². The maximum atomic E-state index is 13.2. The highest BCUT2D eigenvalue weighted by Gasteiger charge is 2.28.